The predicted octanol–water partition coefficient (Wildman–Crippen LogP) is 2.38. The van der Waals surface area contributed by atoms with E-state index < -0.39 is 10.0 Å². The monoisotopic (exact) mass is 390 g/mol. The maximum absolute atomic E-state index is 12.1. The number of phenols is 1. The fourth-order valence-corrected chi connectivity index (χ4v) is 3.09. The second-order valence-electron chi connectivity index (χ2n) is 3.84. The Morgan fingerprint density at radius 1 is 1.16 bits per heavy atom. The van der Waals surface area contributed by atoms with Crippen LogP contribution in [0.4, 0.5) is 11.4 Å². The highest BCUT2D eigenvalue weighted by atomic mass is 127. The summed E-state index contributed by atoms with van der Waals surface area (Å²) in [5.74, 6) is -0.145. The quantitative estimate of drug-likeness (QED) is 0.426. The molecule has 0 saturated heterocycles. The third-order valence-electron chi connectivity index (χ3n) is 2.39. The Hall–Kier alpha value is -1.48. The topological polar surface area (TPSA) is 92.4 Å². The summed E-state index contributed by atoms with van der Waals surface area (Å²) in [5.41, 5.74) is 5.98. The third kappa shape index (κ3) is 3.29. The Morgan fingerprint density at radius 3 is 2.53 bits per heavy atom. The van der Waals surface area contributed by atoms with Crippen molar-refractivity contribution < 1.29 is 13.5 Å². The van der Waals surface area contributed by atoms with E-state index in [1.807, 2.05) is 6.07 Å². The standard InChI is InChI=1S/C12H11IN2O3S/c13-8-2-1-3-9(6-8)15-19(17,18)10-4-5-12(16)11(14)7-10/h1-7,15-16H,14H2. The molecular formula is C12H11IN2O3S. The summed E-state index contributed by atoms with van der Waals surface area (Å²) in [6.07, 6.45) is 0. The number of sulfonamides is 1. The number of rotatable bonds is 3. The van der Waals surface area contributed by atoms with Crippen LogP contribution in [-0.4, -0.2) is 13.5 Å². The zero-order chi connectivity index (χ0) is 14.0. The molecule has 0 unspecified atom stereocenters. The lowest BCUT2D eigenvalue weighted by atomic mass is 10.3. The Morgan fingerprint density at radius 2 is 1.89 bits per heavy atom. The molecular weight excluding hydrogens is 379 g/mol. The lowest BCUT2D eigenvalue weighted by molar-refractivity contribution is 0.477. The number of nitrogens with one attached hydrogen (secondary N) is 1. The summed E-state index contributed by atoms with van der Waals surface area (Å²) < 4.78 is 27.6. The van der Waals surface area contributed by atoms with Gasteiger partial charge >= 0.3 is 0 Å². The van der Waals surface area contributed by atoms with Crippen molar-refractivity contribution in [3.05, 3.63) is 46.0 Å². The molecule has 2 aromatic rings. The van der Waals surface area contributed by atoms with E-state index in [9.17, 15) is 13.5 Å². The van der Waals surface area contributed by atoms with Crippen LogP contribution in [0.2, 0.25) is 0 Å². The van der Waals surface area contributed by atoms with Gasteiger partial charge in [0.15, 0.2) is 0 Å². The van der Waals surface area contributed by atoms with Gasteiger partial charge in [-0.15, -0.1) is 0 Å². The summed E-state index contributed by atoms with van der Waals surface area (Å²) in [7, 11) is -3.71. The van der Waals surface area contributed by atoms with E-state index in [-0.39, 0.29) is 16.3 Å². The van der Waals surface area contributed by atoms with Crippen molar-refractivity contribution in [1.82, 2.24) is 0 Å². The van der Waals surface area contributed by atoms with Gasteiger partial charge in [0, 0.05) is 9.26 Å². The maximum atomic E-state index is 12.1. The van der Waals surface area contributed by atoms with E-state index in [0.29, 0.717) is 5.69 Å². The number of phenolic OH excluding ortho intramolecular Hbond substituents is 1. The smallest absolute Gasteiger partial charge is 0.261 e. The molecule has 5 nitrogen and oxygen atoms in total. The Balaban J connectivity index is 2.35. The first-order chi connectivity index (χ1) is 8.88. The summed E-state index contributed by atoms with van der Waals surface area (Å²) in [6.45, 7) is 0. The predicted molar refractivity (Wildman–Crippen MR) is 82.5 cm³/mol. The van der Waals surface area contributed by atoms with Crippen molar-refractivity contribution in [2.24, 2.45) is 0 Å². The number of nitrogen functional groups attached to an aromatic ring is 1. The molecule has 0 saturated carbocycles. The van der Waals surface area contributed by atoms with Crippen LogP contribution in [0, 0.1) is 3.57 Å². The Bertz CT molecular complexity index is 717. The molecule has 19 heavy (non-hydrogen) atoms. The molecule has 100 valence electrons. The molecule has 2 rings (SSSR count). The normalized spacial score (nSPS) is 11.2. The number of hydrogen-bond acceptors (Lipinski definition) is 4. The number of benzene rings is 2. The van der Waals surface area contributed by atoms with Gasteiger partial charge in [-0.05, 0) is 59.0 Å². The number of nitrogens with two attached hydrogens (primary N) is 1. The SMILES string of the molecule is Nc1cc(S(=O)(=O)Nc2cccc(I)c2)ccc1O. The van der Waals surface area contributed by atoms with E-state index in [0.717, 1.165) is 3.57 Å². The lowest BCUT2D eigenvalue weighted by Gasteiger charge is -2.09. The minimum atomic E-state index is -3.71. The molecule has 0 radical (unpaired) electrons. The Labute approximate surface area is 124 Å². The largest absolute Gasteiger partial charge is 0.506 e. The number of aromatic hydroxyl groups is 1. The average molecular weight is 390 g/mol. The van der Waals surface area contributed by atoms with Gasteiger partial charge in [0.1, 0.15) is 5.75 Å². The van der Waals surface area contributed by atoms with E-state index >= 15 is 0 Å². The van der Waals surface area contributed by atoms with E-state index in [4.69, 9.17) is 5.73 Å². The highest BCUT2D eigenvalue weighted by molar-refractivity contribution is 14.1. The second-order valence-corrected chi connectivity index (χ2v) is 6.76. The number of anilines is 2. The first-order valence-corrected chi connectivity index (χ1v) is 7.81. The molecule has 0 bridgehead atoms. The van der Waals surface area contributed by atoms with Crippen LogP contribution in [0.15, 0.2) is 47.4 Å². The van der Waals surface area contributed by atoms with Crippen LogP contribution in [0.1, 0.15) is 0 Å². The summed E-state index contributed by atoms with van der Waals surface area (Å²) in [5, 5.41) is 9.29. The fraction of sp³-hybridized carbons (Fsp3) is 0. The molecule has 4 N–H and O–H groups in total. The van der Waals surface area contributed by atoms with Crippen molar-refractivity contribution in [2.75, 3.05) is 10.5 Å². The molecule has 0 heterocycles. The summed E-state index contributed by atoms with van der Waals surface area (Å²) in [4.78, 5) is 0.00154. The van der Waals surface area contributed by atoms with Crippen molar-refractivity contribution in [2.45, 2.75) is 4.90 Å². The average Bonchev–Trinajstić information content (AvgIpc) is 2.32. The molecule has 0 atom stereocenters. The van der Waals surface area contributed by atoms with Gasteiger partial charge in [0.05, 0.1) is 10.6 Å². The van der Waals surface area contributed by atoms with Crippen molar-refractivity contribution in [3.8, 4) is 5.75 Å². The van der Waals surface area contributed by atoms with Gasteiger partial charge in [0.2, 0.25) is 0 Å². The second kappa shape index (κ2) is 5.25. The molecule has 0 aliphatic heterocycles. The van der Waals surface area contributed by atoms with Gasteiger partial charge in [-0.3, -0.25) is 4.72 Å². The number of hydrogen-bond donors (Lipinski definition) is 3. The number of halogens is 1. The Kier molecular flexibility index (Phi) is 3.85. The van der Waals surface area contributed by atoms with E-state index in [2.05, 4.69) is 27.3 Å². The minimum absolute atomic E-state index is 0.00154. The van der Waals surface area contributed by atoms with Crippen LogP contribution < -0.4 is 10.5 Å². The first kappa shape index (κ1) is 13.9. The van der Waals surface area contributed by atoms with Crippen LogP contribution in [0.25, 0.3) is 0 Å². The van der Waals surface area contributed by atoms with Gasteiger partial charge < -0.3 is 10.8 Å². The fourth-order valence-electron chi connectivity index (χ4n) is 1.47. The molecule has 0 spiro atoms. The zero-order valence-electron chi connectivity index (χ0n) is 9.67. The third-order valence-corrected chi connectivity index (χ3v) is 4.44. The summed E-state index contributed by atoms with van der Waals surface area (Å²) in [6, 6.07) is 10.7. The molecule has 0 aliphatic rings. The van der Waals surface area contributed by atoms with Gasteiger partial charge in [-0.25, -0.2) is 8.42 Å². The minimum Gasteiger partial charge on any atom is -0.506 e. The molecule has 0 fully saturated rings. The highest BCUT2D eigenvalue weighted by Crippen LogP contribution is 2.25. The first-order valence-electron chi connectivity index (χ1n) is 5.25. The lowest BCUT2D eigenvalue weighted by Crippen LogP contribution is -2.13. The maximum Gasteiger partial charge on any atom is 0.261 e. The van der Waals surface area contributed by atoms with Gasteiger partial charge in [-0.1, -0.05) is 6.07 Å². The summed E-state index contributed by atoms with van der Waals surface area (Å²) >= 11 is 2.09. The van der Waals surface area contributed by atoms with Crippen molar-refractivity contribution in [1.29, 1.82) is 0 Å². The van der Waals surface area contributed by atoms with Crippen LogP contribution in [-0.2, 0) is 10.0 Å². The molecule has 0 amide bonds. The van der Waals surface area contributed by atoms with Gasteiger partial charge in [0.25, 0.3) is 10.0 Å². The van der Waals surface area contributed by atoms with E-state index in [1.165, 1.54) is 18.2 Å². The zero-order valence-corrected chi connectivity index (χ0v) is 12.6. The van der Waals surface area contributed by atoms with Crippen molar-refractivity contribution >= 4 is 44.0 Å². The molecule has 7 heteroatoms. The van der Waals surface area contributed by atoms with Gasteiger partial charge in [-0.2, -0.15) is 0 Å². The molecule has 0 aromatic heterocycles. The molecule has 2 aromatic carbocycles. The molecule has 0 aliphatic carbocycles. The van der Waals surface area contributed by atoms with Crippen LogP contribution in [0.3, 0.4) is 0 Å². The van der Waals surface area contributed by atoms with E-state index in [1.54, 1.807) is 18.2 Å². The van der Waals surface area contributed by atoms with Crippen molar-refractivity contribution in [3.63, 3.8) is 0 Å². The van der Waals surface area contributed by atoms with Crippen LogP contribution >= 0.6 is 22.6 Å². The van der Waals surface area contributed by atoms with Crippen LogP contribution in [0.5, 0.6) is 5.75 Å². The highest BCUT2D eigenvalue weighted by Gasteiger charge is 2.15.